The second-order valence-electron chi connectivity index (χ2n) is 4.35. The van der Waals surface area contributed by atoms with Crippen molar-refractivity contribution in [1.29, 1.82) is 0 Å². The highest BCUT2D eigenvalue weighted by atomic mass is 79.9. The number of halogens is 3. The monoisotopic (exact) mass is 258 g/mol. The van der Waals surface area contributed by atoms with E-state index in [-0.39, 0.29) is 17.2 Å². The molecule has 0 amide bonds. The smallest absolute Gasteiger partial charge is 0.172 e. The summed E-state index contributed by atoms with van der Waals surface area (Å²) >= 11 is 3.08. The molecule has 0 nitrogen and oxygen atoms in total. The maximum absolute atomic E-state index is 13.5. The summed E-state index contributed by atoms with van der Waals surface area (Å²) in [5.74, 6) is 0.0528. The molecule has 1 spiro atoms. The molecule has 2 saturated carbocycles. The van der Waals surface area contributed by atoms with Gasteiger partial charge in [0.05, 0.1) is 0 Å². The first-order valence-electron chi connectivity index (χ1n) is 4.68. The summed E-state index contributed by atoms with van der Waals surface area (Å²) in [5, 5.41) is 0. The molecule has 0 aromatic heterocycles. The van der Waals surface area contributed by atoms with Crippen molar-refractivity contribution in [1.82, 2.24) is 0 Å². The Morgan fingerprint density at radius 2 is 1.86 bits per heavy atom. The first kappa shape index (κ1) is 8.84. The van der Waals surface area contributed by atoms with E-state index in [9.17, 15) is 8.78 Å². The average molecular weight is 259 g/mol. The molecule has 0 heterocycles. The number of alkyl halides is 2. The van der Waals surface area contributed by atoms with Crippen LogP contribution in [0.4, 0.5) is 8.78 Å². The van der Waals surface area contributed by atoms with Crippen LogP contribution in [-0.4, -0.2) is 4.58 Å². The van der Waals surface area contributed by atoms with E-state index < -0.39 is 4.58 Å². The molecule has 2 aliphatic carbocycles. The summed E-state index contributed by atoms with van der Waals surface area (Å²) in [5.41, 5.74) is 0.899. The molecule has 14 heavy (non-hydrogen) atoms. The van der Waals surface area contributed by atoms with Gasteiger partial charge in [-0.3, -0.25) is 0 Å². The lowest BCUT2D eigenvalue weighted by atomic mass is 10.1. The Bertz CT molecular complexity index is 385. The van der Waals surface area contributed by atoms with Crippen molar-refractivity contribution >= 4 is 15.9 Å². The zero-order chi connectivity index (χ0) is 9.97. The highest BCUT2D eigenvalue weighted by Crippen LogP contribution is 2.84. The lowest BCUT2D eigenvalue weighted by Gasteiger charge is -1.99. The molecule has 0 aliphatic heterocycles. The molecular weight excluding hydrogens is 250 g/mol. The highest BCUT2D eigenvalue weighted by Gasteiger charge is 2.80. The maximum atomic E-state index is 13.5. The third-order valence-electron chi connectivity index (χ3n) is 3.49. The average Bonchev–Trinajstić information content (AvgIpc) is 2.93. The topological polar surface area (TPSA) is 0 Å². The van der Waals surface area contributed by atoms with Crippen LogP contribution in [0.25, 0.3) is 0 Å². The van der Waals surface area contributed by atoms with Crippen LogP contribution in [-0.2, 0) is 0 Å². The second-order valence-corrected chi connectivity index (χ2v) is 5.60. The Morgan fingerprint density at radius 3 is 2.29 bits per heavy atom. The van der Waals surface area contributed by atoms with Gasteiger partial charge in [0.2, 0.25) is 0 Å². The third-order valence-corrected chi connectivity index (χ3v) is 4.56. The second kappa shape index (κ2) is 2.38. The van der Waals surface area contributed by atoms with E-state index in [2.05, 4.69) is 15.9 Å². The molecule has 0 N–H and O–H groups in total. The molecule has 3 atom stereocenters. The van der Waals surface area contributed by atoms with E-state index in [0.717, 1.165) is 12.0 Å². The molecule has 3 rings (SSSR count). The molecular formula is C11H9BrF2. The first-order valence-corrected chi connectivity index (χ1v) is 5.48. The van der Waals surface area contributed by atoms with E-state index >= 15 is 0 Å². The van der Waals surface area contributed by atoms with Gasteiger partial charge in [-0.25, -0.2) is 8.78 Å². The SMILES string of the molecule is Fc1ccc(C2CC23CC3(F)Br)cc1. The number of hydrogen-bond donors (Lipinski definition) is 0. The van der Waals surface area contributed by atoms with Gasteiger partial charge >= 0.3 is 0 Å². The molecule has 1 aromatic carbocycles. The Labute approximate surface area is 89.4 Å². The van der Waals surface area contributed by atoms with Gasteiger partial charge < -0.3 is 0 Å². The van der Waals surface area contributed by atoms with Crippen molar-refractivity contribution in [2.24, 2.45) is 5.41 Å². The van der Waals surface area contributed by atoms with Crippen LogP contribution in [0.2, 0.25) is 0 Å². The lowest BCUT2D eigenvalue weighted by Crippen LogP contribution is -1.93. The fraction of sp³-hybridized carbons (Fsp3) is 0.455. The van der Waals surface area contributed by atoms with Gasteiger partial charge in [-0.2, -0.15) is 0 Å². The Morgan fingerprint density at radius 1 is 1.29 bits per heavy atom. The normalized spacial score (nSPS) is 44.1. The number of rotatable bonds is 1. The fourth-order valence-corrected chi connectivity index (χ4v) is 3.33. The highest BCUT2D eigenvalue weighted by molar-refractivity contribution is 9.10. The van der Waals surface area contributed by atoms with E-state index in [1.165, 1.54) is 12.1 Å². The summed E-state index contributed by atoms with van der Waals surface area (Å²) in [6.45, 7) is 0. The van der Waals surface area contributed by atoms with Gasteiger partial charge in [0.25, 0.3) is 0 Å². The zero-order valence-electron chi connectivity index (χ0n) is 7.43. The van der Waals surface area contributed by atoms with Crippen LogP contribution in [0.1, 0.15) is 24.3 Å². The molecule has 2 fully saturated rings. The van der Waals surface area contributed by atoms with Crippen molar-refractivity contribution in [3.63, 3.8) is 0 Å². The van der Waals surface area contributed by atoms with Crippen molar-refractivity contribution in [2.75, 3.05) is 0 Å². The minimum absolute atomic E-state index is 0.162. The Hall–Kier alpha value is -0.440. The third kappa shape index (κ3) is 1.02. The van der Waals surface area contributed by atoms with Gasteiger partial charge in [-0.1, -0.05) is 12.1 Å². The van der Waals surface area contributed by atoms with Gasteiger partial charge in [0, 0.05) is 11.8 Å². The quantitative estimate of drug-likeness (QED) is 0.673. The molecule has 1 aromatic rings. The van der Waals surface area contributed by atoms with E-state index in [0.29, 0.717) is 6.42 Å². The molecule has 3 heteroatoms. The zero-order valence-corrected chi connectivity index (χ0v) is 9.02. The summed E-state index contributed by atoms with van der Waals surface area (Å²) in [6.07, 6.45) is 1.49. The predicted molar refractivity (Wildman–Crippen MR) is 53.6 cm³/mol. The molecule has 0 saturated heterocycles. The van der Waals surface area contributed by atoms with Gasteiger partial charge in [0.1, 0.15) is 5.82 Å². The summed E-state index contributed by atoms with van der Waals surface area (Å²) < 4.78 is 25.0. The van der Waals surface area contributed by atoms with Crippen LogP contribution >= 0.6 is 15.9 Å². The molecule has 0 radical (unpaired) electrons. The fourth-order valence-electron chi connectivity index (χ4n) is 2.39. The van der Waals surface area contributed by atoms with Gasteiger partial charge in [-0.15, -0.1) is 0 Å². The minimum atomic E-state index is -1.15. The molecule has 3 unspecified atom stereocenters. The standard InChI is InChI=1S/C11H9BrF2/c12-11(14)6-10(11)5-9(10)7-1-3-8(13)4-2-7/h1-4,9H,5-6H2. The largest absolute Gasteiger partial charge is 0.231 e. The molecule has 0 bridgehead atoms. The van der Waals surface area contributed by atoms with E-state index in [1.54, 1.807) is 12.1 Å². The van der Waals surface area contributed by atoms with Crippen molar-refractivity contribution in [3.8, 4) is 0 Å². The number of benzene rings is 1. The van der Waals surface area contributed by atoms with Crippen LogP contribution in [0.3, 0.4) is 0 Å². The summed E-state index contributed by atoms with van der Waals surface area (Å²) in [4.78, 5) is 0. The van der Waals surface area contributed by atoms with Crippen LogP contribution in [0.15, 0.2) is 24.3 Å². The summed E-state index contributed by atoms with van der Waals surface area (Å²) in [7, 11) is 0. The van der Waals surface area contributed by atoms with Crippen LogP contribution in [0.5, 0.6) is 0 Å². The van der Waals surface area contributed by atoms with Crippen LogP contribution < -0.4 is 0 Å². The lowest BCUT2D eigenvalue weighted by molar-refractivity contribution is 0.404. The molecule has 2 aliphatic rings. The van der Waals surface area contributed by atoms with Gasteiger partial charge in [-0.05, 0) is 46.0 Å². The Kier molecular flexibility index (Phi) is 1.50. The minimum Gasteiger partial charge on any atom is -0.231 e. The summed E-state index contributed by atoms with van der Waals surface area (Å²) in [6, 6.07) is 6.40. The van der Waals surface area contributed by atoms with Crippen molar-refractivity contribution in [3.05, 3.63) is 35.6 Å². The van der Waals surface area contributed by atoms with Gasteiger partial charge in [0.15, 0.2) is 4.58 Å². The first-order chi connectivity index (χ1) is 6.55. The van der Waals surface area contributed by atoms with Crippen molar-refractivity contribution < 1.29 is 8.78 Å². The van der Waals surface area contributed by atoms with E-state index in [1.807, 2.05) is 0 Å². The Balaban J connectivity index is 1.85. The van der Waals surface area contributed by atoms with Crippen molar-refractivity contribution in [2.45, 2.75) is 23.3 Å². The van der Waals surface area contributed by atoms with E-state index in [4.69, 9.17) is 0 Å². The maximum Gasteiger partial charge on any atom is 0.172 e. The predicted octanol–water partition coefficient (Wildman–Crippen LogP) is 3.76. The molecule has 74 valence electrons. The van der Waals surface area contributed by atoms with Crippen LogP contribution in [0, 0.1) is 11.2 Å². The number of hydrogen-bond acceptors (Lipinski definition) is 0.